The molecule has 2 heterocycles. The fraction of sp³-hybridized carbons (Fsp3) is 0.846. The van der Waals surface area contributed by atoms with E-state index in [4.69, 9.17) is 4.74 Å². The van der Waals surface area contributed by atoms with E-state index in [2.05, 4.69) is 0 Å². The van der Waals surface area contributed by atoms with Crippen LogP contribution < -0.4 is 0 Å². The third kappa shape index (κ3) is 2.83. The van der Waals surface area contributed by atoms with Gasteiger partial charge in [0.1, 0.15) is 0 Å². The first-order chi connectivity index (χ1) is 8.82. The Balaban J connectivity index is 1.99. The maximum Gasteiger partial charge on any atom is 0.320 e. The number of ether oxygens (including phenoxy) is 1. The van der Waals surface area contributed by atoms with Gasteiger partial charge in [-0.25, -0.2) is 4.79 Å². The number of hydrogen-bond acceptors (Lipinski definition) is 3. The first-order valence-electron chi connectivity index (χ1n) is 6.74. The van der Waals surface area contributed by atoms with Gasteiger partial charge in [-0.1, -0.05) is 0 Å². The normalized spacial score (nSPS) is 35.5. The number of urea groups is 1. The molecule has 0 aliphatic carbocycles. The lowest BCUT2D eigenvalue weighted by atomic mass is 9.90. The van der Waals surface area contributed by atoms with Crippen molar-refractivity contribution in [3.63, 3.8) is 0 Å². The fourth-order valence-electron chi connectivity index (χ4n) is 2.83. The van der Waals surface area contributed by atoms with Crippen LogP contribution >= 0.6 is 0 Å². The van der Waals surface area contributed by atoms with Crippen LogP contribution in [0, 0.1) is 5.41 Å². The van der Waals surface area contributed by atoms with Crippen LogP contribution in [0.2, 0.25) is 0 Å². The van der Waals surface area contributed by atoms with Crippen LogP contribution in [0.3, 0.4) is 0 Å². The van der Waals surface area contributed by atoms with E-state index < -0.39 is 11.4 Å². The largest absolute Gasteiger partial charge is 0.481 e. The van der Waals surface area contributed by atoms with Gasteiger partial charge in [0.25, 0.3) is 0 Å². The number of carboxylic acids is 1. The number of aliphatic carboxylic acids is 1. The summed E-state index contributed by atoms with van der Waals surface area (Å²) in [7, 11) is 0. The smallest absolute Gasteiger partial charge is 0.320 e. The Kier molecular flexibility index (Phi) is 3.71. The van der Waals surface area contributed by atoms with Gasteiger partial charge < -0.3 is 19.6 Å². The van der Waals surface area contributed by atoms with Gasteiger partial charge in [-0.2, -0.15) is 0 Å². The van der Waals surface area contributed by atoms with Gasteiger partial charge in [-0.15, -0.1) is 0 Å². The quantitative estimate of drug-likeness (QED) is 0.772. The van der Waals surface area contributed by atoms with Gasteiger partial charge in [-0.05, 0) is 27.2 Å². The van der Waals surface area contributed by atoms with E-state index >= 15 is 0 Å². The van der Waals surface area contributed by atoms with Crippen LogP contribution in [0.5, 0.6) is 0 Å². The van der Waals surface area contributed by atoms with Crippen molar-refractivity contribution in [2.75, 3.05) is 26.2 Å². The lowest BCUT2D eigenvalue weighted by Crippen LogP contribution is -2.52. The summed E-state index contributed by atoms with van der Waals surface area (Å²) in [5.74, 6) is -0.827. The number of carbonyl (C=O) groups excluding carboxylic acids is 1. The second-order valence-corrected chi connectivity index (χ2v) is 5.98. The maximum absolute atomic E-state index is 12.4. The summed E-state index contributed by atoms with van der Waals surface area (Å²) in [6.07, 6.45) is 0.575. The van der Waals surface area contributed by atoms with Crippen LogP contribution in [0.1, 0.15) is 27.2 Å². The van der Waals surface area contributed by atoms with E-state index in [0.717, 1.165) is 0 Å². The Morgan fingerprint density at radius 2 is 1.79 bits per heavy atom. The number of carbonyl (C=O) groups is 2. The molecule has 0 aromatic rings. The molecule has 2 aliphatic rings. The molecule has 2 aliphatic heterocycles. The molecule has 6 nitrogen and oxygen atoms in total. The van der Waals surface area contributed by atoms with Crippen LogP contribution in [0.15, 0.2) is 0 Å². The third-order valence-corrected chi connectivity index (χ3v) is 3.95. The Bertz CT molecular complexity index is 377. The Morgan fingerprint density at radius 1 is 1.21 bits per heavy atom. The zero-order valence-corrected chi connectivity index (χ0v) is 11.8. The Morgan fingerprint density at radius 3 is 2.26 bits per heavy atom. The summed E-state index contributed by atoms with van der Waals surface area (Å²) in [5.41, 5.74) is -0.806. The number of amides is 2. The average Bonchev–Trinajstić information content (AvgIpc) is 2.71. The number of morpholine rings is 1. The molecule has 6 heteroatoms. The lowest BCUT2D eigenvalue weighted by Gasteiger charge is -2.37. The van der Waals surface area contributed by atoms with E-state index in [1.807, 2.05) is 13.8 Å². The standard InChI is InChI=1S/C13H22N2O4/c1-9-6-15(7-10(2)19-9)12(18)14-5-4-13(3,8-14)11(16)17/h9-10H,4-8H2,1-3H3,(H,16,17)/t9-,10+,13?. The van der Waals surface area contributed by atoms with Crippen molar-refractivity contribution >= 4 is 12.0 Å². The van der Waals surface area contributed by atoms with E-state index in [-0.39, 0.29) is 18.2 Å². The van der Waals surface area contributed by atoms with Crippen LogP contribution in [0.4, 0.5) is 4.79 Å². The van der Waals surface area contributed by atoms with Crippen molar-refractivity contribution in [3.05, 3.63) is 0 Å². The number of nitrogens with zero attached hydrogens (tertiary/aromatic N) is 2. The molecular formula is C13H22N2O4. The molecule has 2 rings (SSSR count). The van der Waals surface area contributed by atoms with Gasteiger partial charge in [0.2, 0.25) is 0 Å². The molecule has 3 atom stereocenters. The molecule has 0 bridgehead atoms. The molecule has 0 saturated carbocycles. The SMILES string of the molecule is C[C@@H]1CN(C(=O)N2CCC(C)(C(=O)O)C2)C[C@H](C)O1. The van der Waals surface area contributed by atoms with E-state index in [1.54, 1.807) is 16.7 Å². The van der Waals surface area contributed by atoms with E-state index in [1.165, 1.54) is 0 Å². The monoisotopic (exact) mass is 270 g/mol. The zero-order chi connectivity index (χ0) is 14.2. The summed E-state index contributed by atoms with van der Waals surface area (Å²) in [5, 5.41) is 9.19. The molecule has 1 N–H and O–H groups in total. The molecular weight excluding hydrogens is 248 g/mol. The summed E-state index contributed by atoms with van der Waals surface area (Å²) in [4.78, 5) is 27.0. The zero-order valence-electron chi connectivity index (χ0n) is 11.8. The molecule has 2 fully saturated rings. The number of hydrogen-bond donors (Lipinski definition) is 1. The van der Waals surface area contributed by atoms with Crippen molar-refractivity contribution in [1.82, 2.24) is 9.80 Å². The highest BCUT2D eigenvalue weighted by molar-refractivity contribution is 5.79. The van der Waals surface area contributed by atoms with Crippen molar-refractivity contribution in [2.45, 2.75) is 39.4 Å². The van der Waals surface area contributed by atoms with E-state index in [9.17, 15) is 14.7 Å². The van der Waals surface area contributed by atoms with Crippen molar-refractivity contribution in [2.24, 2.45) is 5.41 Å². The molecule has 0 spiro atoms. The molecule has 0 radical (unpaired) electrons. The number of likely N-dealkylation sites (tertiary alicyclic amines) is 1. The van der Waals surface area contributed by atoms with Gasteiger partial charge in [0.15, 0.2) is 0 Å². The van der Waals surface area contributed by atoms with E-state index in [0.29, 0.717) is 32.6 Å². The predicted molar refractivity (Wildman–Crippen MR) is 68.9 cm³/mol. The second kappa shape index (κ2) is 5.00. The minimum Gasteiger partial charge on any atom is -0.481 e. The fourth-order valence-corrected chi connectivity index (χ4v) is 2.83. The van der Waals surface area contributed by atoms with Crippen LogP contribution in [-0.2, 0) is 9.53 Å². The van der Waals surface area contributed by atoms with Gasteiger partial charge in [0, 0.05) is 26.2 Å². The van der Waals surface area contributed by atoms with Crippen molar-refractivity contribution < 1.29 is 19.4 Å². The molecule has 19 heavy (non-hydrogen) atoms. The van der Waals surface area contributed by atoms with Crippen molar-refractivity contribution in [3.8, 4) is 0 Å². The predicted octanol–water partition coefficient (Wildman–Crippen LogP) is 1.01. The Labute approximate surface area is 113 Å². The minimum atomic E-state index is -0.827. The van der Waals surface area contributed by atoms with Gasteiger partial charge in [-0.3, -0.25) is 4.79 Å². The van der Waals surface area contributed by atoms with Gasteiger partial charge in [0.05, 0.1) is 17.6 Å². The average molecular weight is 270 g/mol. The molecule has 2 amide bonds. The number of carboxylic acid groups (broad SMARTS) is 1. The summed E-state index contributed by atoms with van der Waals surface area (Å²) >= 11 is 0. The lowest BCUT2D eigenvalue weighted by molar-refractivity contribution is -0.147. The van der Waals surface area contributed by atoms with Crippen molar-refractivity contribution in [1.29, 1.82) is 0 Å². The third-order valence-electron chi connectivity index (χ3n) is 3.95. The van der Waals surface area contributed by atoms with Gasteiger partial charge >= 0.3 is 12.0 Å². The summed E-state index contributed by atoms with van der Waals surface area (Å²) in [6, 6.07) is -0.0630. The first-order valence-corrected chi connectivity index (χ1v) is 6.74. The number of rotatable bonds is 1. The highest BCUT2D eigenvalue weighted by Crippen LogP contribution is 2.31. The van der Waals surface area contributed by atoms with Crippen LogP contribution in [-0.4, -0.2) is 65.3 Å². The molecule has 0 aromatic heterocycles. The Hall–Kier alpha value is -1.30. The molecule has 2 saturated heterocycles. The van der Waals surface area contributed by atoms with Crippen LogP contribution in [0.25, 0.3) is 0 Å². The highest BCUT2D eigenvalue weighted by Gasteiger charge is 2.43. The molecule has 1 unspecified atom stereocenters. The topological polar surface area (TPSA) is 70.1 Å². The summed E-state index contributed by atoms with van der Waals surface area (Å²) < 4.78 is 5.60. The minimum absolute atomic E-state index is 0.0289. The first kappa shape index (κ1) is 14.1. The molecule has 108 valence electrons. The summed E-state index contributed by atoms with van der Waals surface area (Å²) in [6.45, 7) is 7.55. The highest BCUT2D eigenvalue weighted by atomic mass is 16.5. The maximum atomic E-state index is 12.4. The molecule has 0 aromatic carbocycles. The second-order valence-electron chi connectivity index (χ2n) is 5.98.